The fraction of sp³-hybridized carbons (Fsp3) is 0.500. The molecule has 0 bridgehead atoms. The van der Waals surface area contributed by atoms with Gasteiger partial charge in [0.15, 0.2) is 0 Å². The van der Waals surface area contributed by atoms with Gasteiger partial charge in [0.05, 0.1) is 38.6 Å². The first-order valence-electron chi connectivity index (χ1n) is 10.9. The number of nitrogens with zero attached hydrogens (tertiary/aromatic N) is 3. The first-order valence-corrected chi connectivity index (χ1v) is 10.9. The van der Waals surface area contributed by atoms with Crippen LogP contribution in [0.3, 0.4) is 0 Å². The van der Waals surface area contributed by atoms with Gasteiger partial charge >= 0.3 is 0 Å². The van der Waals surface area contributed by atoms with Crippen LogP contribution in [-0.2, 0) is 22.7 Å². The van der Waals surface area contributed by atoms with Crippen LogP contribution in [0.5, 0.6) is 5.75 Å². The molecule has 2 aliphatic rings. The molecule has 1 aromatic heterocycles. The highest BCUT2D eigenvalue weighted by atomic mass is 16.5. The lowest BCUT2D eigenvalue weighted by molar-refractivity contribution is -0.132. The maximum absolute atomic E-state index is 13.1. The van der Waals surface area contributed by atoms with Gasteiger partial charge in [0.25, 0.3) is 0 Å². The van der Waals surface area contributed by atoms with Gasteiger partial charge in [0, 0.05) is 25.3 Å². The van der Waals surface area contributed by atoms with Crippen molar-refractivity contribution < 1.29 is 14.3 Å². The van der Waals surface area contributed by atoms with E-state index in [1.54, 1.807) is 13.3 Å². The fourth-order valence-corrected chi connectivity index (χ4v) is 4.47. The van der Waals surface area contributed by atoms with Crippen LogP contribution in [0.15, 0.2) is 48.7 Å². The summed E-state index contributed by atoms with van der Waals surface area (Å²) in [5.41, 5.74) is 1.99. The Labute approximate surface area is 178 Å². The summed E-state index contributed by atoms with van der Waals surface area (Å²) in [7, 11) is 1.67. The number of carbonyl (C=O) groups is 1. The number of pyridine rings is 1. The van der Waals surface area contributed by atoms with Crippen molar-refractivity contribution in [2.24, 2.45) is 0 Å². The lowest BCUT2D eigenvalue weighted by Crippen LogP contribution is -2.41. The minimum Gasteiger partial charge on any atom is -0.497 e. The van der Waals surface area contributed by atoms with Gasteiger partial charge in [-0.05, 0) is 42.7 Å². The van der Waals surface area contributed by atoms with E-state index in [4.69, 9.17) is 9.47 Å². The lowest BCUT2D eigenvalue weighted by Gasteiger charge is -2.28. The third-order valence-corrected chi connectivity index (χ3v) is 6.09. The molecule has 6 heteroatoms. The van der Waals surface area contributed by atoms with E-state index in [9.17, 15) is 4.79 Å². The van der Waals surface area contributed by atoms with Crippen LogP contribution >= 0.6 is 0 Å². The minimum absolute atomic E-state index is 0.0352. The van der Waals surface area contributed by atoms with Crippen molar-refractivity contribution in [2.45, 2.75) is 51.0 Å². The highest BCUT2D eigenvalue weighted by Gasteiger charge is 2.33. The normalized spacial score (nSPS) is 21.0. The van der Waals surface area contributed by atoms with E-state index >= 15 is 0 Å². The zero-order valence-corrected chi connectivity index (χ0v) is 17.7. The third-order valence-electron chi connectivity index (χ3n) is 6.09. The Bertz CT molecular complexity index is 823. The summed E-state index contributed by atoms with van der Waals surface area (Å²) < 4.78 is 11.7. The summed E-state index contributed by atoms with van der Waals surface area (Å²) in [6.07, 6.45) is 6.60. The smallest absolute Gasteiger partial charge is 0.237 e. The Balaban J connectivity index is 1.47. The molecule has 2 fully saturated rings. The van der Waals surface area contributed by atoms with Crippen LogP contribution in [0.4, 0.5) is 0 Å². The van der Waals surface area contributed by atoms with Gasteiger partial charge in [-0.15, -0.1) is 0 Å². The molecule has 1 aliphatic heterocycles. The van der Waals surface area contributed by atoms with Crippen LogP contribution in [-0.4, -0.2) is 59.6 Å². The van der Waals surface area contributed by atoms with Gasteiger partial charge < -0.3 is 14.4 Å². The minimum atomic E-state index is -0.0352. The number of ether oxygens (including phenoxy) is 2. The number of benzene rings is 1. The summed E-state index contributed by atoms with van der Waals surface area (Å²) in [6, 6.07) is 14.3. The van der Waals surface area contributed by atoms with Gasteiger partial charge in [0.2, 0.25) is 5.91 Å². The molecular weight excluding hydrogens is 378 g/mol. The summed E-state index contributed by atoms with van der Waals surface area (Å²) in [5, 5.41) is 0. The van der Waals surface area contributed by atoms with Crippen LogP contribution in [0.2, 0.25) is 0 Å². The molecule has 2 heterocycles. The van der Waals surface area contributed by atoms with Crippen molar-refractivity contribution in [1.82, 2.24) is 14.8 Å². The number of methoxy groups -OCH3 is 1. The largest absolute Gasteiger partial charge is 0.497 e. The Morgan fingerprint density at radius 3 is 2.73 bits per heavy atom. The maximum Gasteiger partial charge on any atom is 0.237 e. The standard InChI is InChI=1S/C24H31N3O3/c1-29-22-11-6-7-19(13-22)18-30-23-15-26(21-9-2-3-10-21)17-24(28)27(16-23)14-20-8-4-5-12-25-20/h4-8,11-13,21,23H,2-3,9-10,14-18H2,1H3. The average molecular weight is 410 g/mol. The molecule has 1 unspecified atom stereocenters. The predicted octanol–water partition coefficient (Wildman–Crippen LogP) is 3.26. The average Bonchev–Trinajstić information content (AvgIpc) is 3.27. The quantitative estimate of drug-likeness (QED) is 0.703. The van der Waals surface area contributed by atoms with Gasteiger partial charge in [-0.3, -0.25) is 14.7 Å². The molecule has 1 aliphatic carbocycles. The third kappa shape index (κ3) is 5.37. The van der Waals surface area contributed by atoms with Crippen molar-refractivity contribution in [3.05, 3.63) is 59.9 Å². The summed E-state index contributed by atoms with van der Waals surface area (Å²) in [5.74, 6) is 0.997. The van der Waals surface area contributed by atoms with Crippen LogP contribution < -0.4 is 4.74 Å². The number of aromatic nitrogens is 1. The van der Waals surface area contributed by atoms with Gasteiger partial charge in [0.1, 0.15) is 5.75 Å². The zero-order valence-electron chi connectivity index (χ0n) is 17.7. The number of rotatable bonds is 7. The van der Waals surface area contributed by atoms with E-state index in [1.807, 2.05) is 47.4 Å². The summed E-state index contributed by atoms with van der Waals surface area (Å²) in [4.78, 5) is 21.7. The van der Waals surface area contributed by atoms with E-state index in [0.29, 0.717) is 32.3 Å². The van der Waals surface area contributed by atoms with Crippen LogP contribution in [0.25, 0.3) is 0 Å². The van der Waals surface area contributed by atoms with Crippen LogP contribution in [0, 0.1) is 0 Å². The van der Waals surface area contributed by atoms with E-state index in [0.717, 1.165) is 23.6 Å². The lowest BCUT2D eigenvalue weighted by atomic mass is 10.2. The monoisotopic (exact) mass is 409 g/mol. The zero-order chi connectivity index (χ0) is 20.8. The first kappa shape index (κ1) is 20.8. The molecule has 2 aromatic rings. The number of amides is 1. The van der Waals surface area contributed by atoms with E-state index in [2.05, 4.69) is 9.88 Å². The van der Waals surface area contributed by atoms with Crippen molar-refractivity contribution in [3.8, 4) is 5.75 Å². The Morgan fingerprint density at radius 1 is 1.10 bits per heavy atom. The number of hydrogen-bond acceptors (Lipinski definition) is 5. The fourth-order valence-electron chi connectivity index (χ4n) is 4.47. The van der Waals surface area contributed by atoms with Crippen molar-refractivity contribution in [2.75, 3.05) is 26.7 Å². The van der Waals surface area contributed by atoms with Gasteiger partial charge in [-0.2, -0.15) is 0 Å². The molecule has 1 aromatic carbocycles. The van der Waals surface area contributed by atoms with E-state index in [1.165, 1.54) is 25.7 Å². The summed E-state index contributed by atoms with van der Waals surface area (Å²) >= 11 is 0. The predicted molar refractivity (Wildman–Crippen MR) is 115 cm³/mol. The molecule has 1 atom stereocenters. The molecule has 4 rings (SSSR count). The Morgan fingerprint density at radius 2 is 1.97 bits per heavy atom. The number of hydrogen-bond donors (Lipinski definition) is 0. The Kier molecular flexibility index (Phi) is 6.97. The SMILES string of the molecule is COc1cccc(COC2CN(Cc3ccccn3)C(=O)CN(C3CCCC3)C2)c1. The molecule has 1 saturated carbocycles. The molecular formula is C24H31N3O3. The van der Waals surface area contributed by atoms with Gasteiger partial charge in [-0.25, -0.2) is 0 Å². The second-order valence-electron chi connectivity index (χ2n) is 8.25. The van der Waals surface area contributed by atoms with Crippen molar-refractivity contribution in [1.29, 1.82) is 0 Å². The van der Waals surface area contributed by atoms with E-state index in [-0.39, 0.29) is 12.0 Å². The van der Waals surface area contributed by atoms with Crippen LogP contribution in [0.1, 0.15) is 36.9 Å². The molecule has 0 radical (unpaired) electrons. The molecule has 30 heavy (non-hydrogen) atoms. The molecule has 1 amide bonds. The van der Waals surface area contributed by atoms with Crippen molar-refractivity contribution >= 4 is 5.91 Å². The Hall–Kier alpha value is -2.44. The van der Waals surface area contributed by atoms with Crippen molar-refractivity contribution in [3.63, 3.8) is 0 Å². The van der Waals surface area contributed by atoms with E-state index < -0.39 is 0 Å². The molecule has 0 spiro atoms. The second-order valence-corrected chi connectivity index (χ2v) is 8.25. The highest BCUT2D eigenvalue weighted by Crippen LogP contribution is 2.26. The maximum atomic E-state index is 13.1. The molecule has 1 saturated heterocycles. The van der Waals surface area contributed by atoms with Gasteiger partial charge in [-0.1, -0.05) is 31.0 Å². The molecule has 0 N–H and O–H groups in total. The summed E-state index contributed by atoms with van der Waals surface area (Å²) in [6.45, 7) is 2.88. The molecule has 160 valence electrons. The number of carbonyl (C=O) groups excluding carboxylic acids is 1. The molecule has 6 nitrogen and oxygen atoms in total. The second kappa shape index (κ2) is 10.0. The first-order chi connectivity index (χ1) is 14.7. The highest BCUT2D eigenvalue weighted by molar-refractivity contribution is 5.78. The topological polar surface area (TPSA) is 54.9 Å².